The SMILES string of the molecule is NCCC1(CNC(=O)O)CCC1. The Labute approximate surface area is 72.1 Å². The molecule has 1 amide bonds. The molecule has 1 aliphatic carbocycles. The molecule has 4 N–H and O–H groups in total. The highest BCUT2D eigenvalue weighted by Gasteiger charge is 2.36. The monoisotopic (exact) mass is 172 g/mol. The second-order valence-electron chi connectivity index (χ2n) is 3.55. The Morgan fingerprint density at radius 3 is 2.58 bits per heavy atom. The lowest BCUT2D eigenvalue weighted by molar-refractivity contribution is 0.115. The van der Waals surface area contributed by atoms with Crippen LogP contribution in [0.4, 0.5) is 4.79 Å². The van der Waals surface area contributed by atoms with Crippen molar-refractivity contribution in [3.05, 3.63) is 0 Å². The molecule has 0 aromatic rings. The van der Waals surface area contributed by atoms with Gasteiger partial charge < -0.3 is 16.2 Å². The Kier molecular flexibility index (Phi) is 2.92. The summed E-state index contributed by atoms with van der Waals surface area (Å²) in [6.45, 7) is 1.22. The van der Waals surface area contributed by atoms with Gasteiger partial charge in [0, 0.05) is 6.54 Å². The molecule has 0 radical (unpaired) electrons. The van der Waals surface area contributed by atoms with Crippen molar-refractivity contribution in [3.8, 4) is 0 Å². The molecule has 1 rings (SSSR count). The lowest BCUT2D eigenvalue weighted by atomic mass is 9.66. The van der Waals surface area contributed by atoms with Gasteiger partial charge in [0.15, 0.2) is 0 Å². The van der Waals surface area contributed by atoms with Crippen molar-refractivity contribution < 1.29 is 9.90 Å². The molecule has 0 bridgehead atoms. The van der Waals surface area contributed by atoms with Gasteiger partial charge in [-0.05, 0) is 31.2 Å². The Bertz CT molecular complexity index is 166. The molecule has 1 saturated carbocycles. The Morgan fingerprint density at radius 1 is 1.58 bits per heavy atom. The fraction of sp³-hybridized carbons (Fsp3) is 0.875. The highest BCUT2D eigenvalue weighted by atomic mass is 16.4. The molecule has 0 aromatic heterocycles. The molecule has 0 aliphatic heterocycles. The normalized spacial score (nSPS) is 19.8. The van der Waals surface area contributed by atoms with E-state index < -0.39 is 6.09 Å². The van der Waals surface area contributed by atoms with E-state index in [1.165, 1.54) is 6.42 Å². The topological polar surface area (TPSA) is 75.3 Å². The smallest absolute Gasteiger partial charge is 0.404 e. The second kappa shape index (κ2) is 3.76. The van der Waals surface area contributed by atoms with E-state index in [-0.39, 0.29) is 5.41 Å². The number of nitrogens with one attached hydrogen (secondary N) is 1. The summed E-state index contributed by atoms with van der Waals surface area (Å²) in [4.78, 5) is 10.2. The van der Waals surface area contributed by atoms with Gasteiger partial charge in [0.1, 0.15) is 0 Å². The van der Waals surface area contributed by atoms with Crippen LogP contribution in [0, 0.1) is 5.41 Å². The molecule has 1 fully saturated rings. The van der Waals surface area contributed by atoms with Crippen LogP contribution >= 0.6 is 0 Å². The minimum Gasteiger partial charge on any atom is -0.465 e. The number of carbonyl (C=O) groups is 1. The van der Waals surface area contributed by atoms with Crippen LogP contribution in [-0.2, 0) is 0 Å². The van der Waals surface area contributed by atoms with Crippen LogP contribution in [0.25, 0.3) is 0 Å². The average molecular weight is 172 g/mol. The van der Waals surface area contributed by atoms with Crippen LogP contribution in [0.1, 0.15) is 25.7 Å². The number of nitrogens with two attached hydrogens (primary N) is 1. The molecule has 0 aromatic carbocycles. The summed E-state index contributed by atoms with van der Waals surface area (Å²) >= 11 is 0. The zero-order valence-electron chi connectivity index (χ0n) is 7.18. The highest BCUT2D eigenvalue weighted by Crippen LogP contribution is 2.42. The van der Waals surface area contributed by atoms with Crippen LogP contribution in [0.2, 0.25) is 0 Å². The van der Waals surface area contributed by atoms with Gasteiger partial charge in [-0.2, -0.15) is 0 Å². The summed E-state index contributed by atoms with van der Waals surface area (Å²) in [5, 5.41) is 10.9. The van der Waals surface area contributed by atoms with E-state index in [2.05, 4.69) is 5.32 Å². The van der Waals surface area contributed by atoms with E-state index in [1.54, 1.807) is 0 Å². The van der Waals surface area contributed by atoms with Gasteiger partial charge in [0.2, 0.25) is 0 Å². The molecule has 70 valence electrons. The Hall–Kier alpha value is -0.770. The first-order chi connectivity index (χ1) is 5.68. The molecule has 0 atom stereocenters. The zero-order chi connectivity index (χ0) is 9.03. The van der Waals surface area contributed by atoms with Gasteiger partial charge in [-0.15, -0.1) is 0 Å². The number of carboxylic acid groups (broad SMARTS) is 1. The van der Waals surface area contributed by atoms with Gasteiger partial charge in [-0.3, -0.25) is 0 Å². The molecule has 12 heavy (non-hydrogen) atoms. The van der Waals surface area contributed by atoms with Gasteiger partial charge >= 0.3 is 6.09 Å². The van der Waals surface area contributed by atoms with Crippen molar-refractivity contribution in [2.75, 3.05) is 13.1 Å². The lowest BCUT2D eigenvalue weighted by Crippen LogP contribution is -2.42. The first-order valence-electron chi connectivity index (χ1n) is 4.35. The third kappa shape index (κ3) is 2.11. The standard InChI is InChI=1S/C8H16N2O2/c9-5-4-8(2-1-3-8)6-10-7(11)12/h10H,1-6,9H2,(H,11,12). The van der Waals surface area contributed by atoms with Gasteiger partial charge in [-0.1, -0.05) is 6.42 Å². The lowest BCUT2D eigenvalue weighted by Gasteiger charge is -2.41. The summed E-state index contributed by atoms with van der Waals surface area (Å²) in [6.07, 6.45) is 3.45. The fourth-order valence-corrected chi connectivity index (χ4v) is 1.76. The molecule has 1 aliphatic rings. The zero-order valence-corrected chi connectivity index (χ0v) is 7.18. The number of hydrogen-bond acceptors (Lipinski definition) is 2. The quantitative estimate of drug-likeness (QED) is 0.586. The van der Waals surface area contributed by atoms with Gasteiger partial charge in [0.05, 0.1) is 0 Å². The van der Waals surface area contributed by atoms with Crippen LogP contribution in [0.3, 0.4) is 0 Å². The summed E-state index contributed by atoms with van der Waals surface area (Å²) in [5.74, 6) is 0. The number of amides is 1. The minimum absolute atomic E-state index is 0.188. The second-order valence-corrected chi connectivity index (χ2v) is 3.55. The predicted octanol–water partition coefficient (Wildman–Crippen LogP) is 0.773. The number of hydrogen-bond donors (Lipinski definition) is 3. The van der Waals surface area contributed by atoms with Crippen molar-refractivity contribution in [1.82, 2.24) is 5.32 Å². The third-order valence-corrected chi connectivity index (χ3v) is 2.70. The highest BCUT2D eigenvalue weighted by molar-refractivity contribution is 5.64. The van der Waals surface area contributed by atoms with E-state index in [0.29, 0.717) is 13.1 Å². The maximum atomic E-state index is 10.2. The molecule has 0 saturated heterocycles. The summed E-state index contributed by atoms with van der Waals surface area (Å²) in [6, 6.07) is 0. The van der Waals surface area contributed by atoms with Crippen LogP contribution < -0.4 is 11.1 Å². The average Bonchev–Trinajstić information content (AvgIpc) is 1.94. The molecular formula is C8H16N2O2. The van der Waals surface area contributed by atoms with E-state index >= 15 is 0 Å². The van der Waals surface area contributed by atoms with E-state index in [9.17, 15) is 4.79 Å². The Balaban J connectivity index is 2.29. The molecule has 4 heteroatoms. The van der Waals surface area contributed by atoms with Crippen molar-refractivity contribution in [2.45, 2.75) is 25.7 Å². The maximum absolute atomic E-state index is 10.2. The van der Waals surface area contributed by atoms with Crippen LogP contribution in [0.5, 0.6) is 0 Å². The predicted molar refractivity (Wildman–Crippen MR) is 46.0 cm³/mol. The van der Waals surface area contributed by atoms with Crippen molar-refractivity contribution in [3.63, 3.8) is 0 Å². The molecule has 0 heterocycles. The van der Waals surface area contributed by atoms with Crippen molar-refractivity contribution >= 4 is 6.09 Å². The van der Waals surface area contributed by atoms with Gasteiger partial charge in [0.25, 0.3) is 0 Å². The first-order valence-corrected chi connectivity index (χ1v) is 4.35. The summed E-state index contributed by atoms with van der Waals surface area (Å²) < 4.78 is 0. The molecule has 4 nitrogen and oxygen atoms in total. The summed E-state index contributed by atoms with van der Waals surface area (Å²) in [5.41, 5.74) is 5.64. The van der Waals surface area contributed by atoms with Crippen molar-refractivity contribution in [1.29, 1.82) is 0 Å². The van der Waals surface area contributed by atoms with Crippen LogP contribution in [-0.4, -0.2) is 24.3 Å². The fourth-order valence-electron chi connectivity index (χ4n) is 1.76. The Morgan fingerprint density at radius 2 is 2.25 bits per heavy atom. The molecule has 0 unspecified atom stereocenters. The largest absolute Gasteiger partial charge is 0.465 e. The number of rotatable bonds is 4. The summed E-state index contributed by atoms with van der Waals surface area (Å²) in [7, 11) is 0. The van der Waals surface area contributed by atoms with E-state index in [0.717, 1.165) is 19.3 Å². The van der Waals surface area contributed by atoms with E-state index in [1.807, 2.05) is 0 Å². The maximum Gasteiger partial charge on any atom is 0.404 e. The molecular weight excluding hydrogens is 156 g/mol. The van der Waals surface area contributed by atoms with Crippen molar-refractivity contribution in [2.24, 2.45) is 11.1 Å². The van der Waals surface area contributed by atoms with Gasteiger partial charge in [-0.25, -0.2) is 4.79 Å². The minimum atomic E-state index is -0.932. The van der Waals surface area contributed by atoms with E-state index in [4.69, 9.17) is 10.8 Å². The third-order valence-electron chi connectivity index (χ3n) is 2.70. The first kappa shape index (κ1) is 9.32. The van der Waals surface area contributed by atoms with Crippen LogP contribution in [0.15, 0.2) is 0 Å². The molecule has 0 spiro atoms.